The first-order valence-electron chi connectivity index (χ1n) is 5.47. The van der Waals surface area contributed by atoms with Gasteiger partial charge in [0.05, 0.1) is 0 Å². The number of aryl methyl sites for hydroxylation is 1. The number of anilines is 1. The van der Waals surface area contributed by atoms with E-state index in [0.29, 0.717) is 17.0 Å². The maximum Gasteiger partial charge on any atom is 0.223 e. The van der Waals surface area contributed by atoms with Gasteiger partial charge in [0.15, 0.2) is 10.8 Å². The molecule has 1 aromatic carbocycles. The monoisotopic (exact) mass is 277 g/mol. The highest BCUT2D eigenvalue weighted by Crippen LogP contribution is 2.26. The first kappa shape index (κ1) is 11.9. The van der Waals surface area contributed by atoms with Crippen molar-refractivity contribution in [2.24, 2.45) is 7.05 Å². The van der Waals surface area contributed by atoms with Crippen molar-refractivity contribution >= 4 is 28.7 Å². The molecule has 0 amide bonds. The van der Waals surface area contributed by atoms with Crippen LogP contribution in [0.3, 0.4) is 0 Å². The summed E-state index contributed by atoms with van der Waals surface area (Å²) in [7, 11) is 1.79. The molecule has 0 saturated carbocycles. The second-order valence-corrected chi connectivity index (χ2v) is 4.40. The summed E-state index contributed by atoms with van der Waals surface area (Å²) in [4.78, 5) is 12.3. The standard InChI is InChI=1S/C12H9ClFN5/c1-19-10(6-2-4-7(14)5-3-6)16-8-9(13)17-12(15)18-11(8)19/h2-5H,1H3,(H2,15,17,18). The molecule has 0 spiro atoms. The van der Waals surface area contributed by atoms with Crippen molar-refractivity contribution in [1.29, 1.82) is 0 Å². The van der Waals surface area contributed by atoms with Crippen molar-refractivity contribution in [3.05, 3.63) is 35.2 Å². The first-order valence-corrected chi connectivity index (χ1v) is 5.85. The van der Waals surface area contributed by atoms with Crippen molar-refractivity contribution in [1.82, 2.24) is 19.5 Å². The molecule has 3 rings (SSSR count). The Morgan fingerprint density at radius 1 is 1.16 bits per heavy atom. The fourth-order valence-electron chi connectivity index (χ4n) is 1.90. The van der Waals surface area contributed by atoms with Crippen LogP contribution in [0.15, 0.2) is 24.3 Å². The maximum atomic E-state index is 12.9. The predicted octanol–water partition coefficient (Wildman–Crippen LogP) is 2.41. The molecular weight excluding hydrogens is 269 g/mol. The molecule has 0 saturated heterocycles. The Balaban J connectivity index is 2.28. The van der Waals surface area contributed by atoms with Crippen LogP contribution in [0, 0.1) is 5.82 Å². The first-order chi connectivity index (χ1) is 9.06. The third-order valence-corrected chi connectivity index (χ3v) is 3.06. The third-order valence-electron chi connectivity index (χ3n) is 2.80. The van der Waals surface area contributed by atoms with Crippen LogP contribution in [0.5, 0.6) is 0 Å². The molecule has 0 atom stereocenters. The topological polar surface area (TPSA) is 69.6 Å². The van der Waals surface area contributed by atoms with Gasteiger partial charge in [-0.2, -0.15) is 9.97 Å². The summed E-state index contributed by atoms with van der Waals surface area (Å²) in [6.07, 6.45) is 0. The van der Waals surface area contributed by atoms with Gasteiger partial charge in [-0.1, -0.05) is 11.6 Å². The maximum absolute atomic E-state index is 12.9. The van der Waals surface area contributed by atoms with Gasteiger partial charge in [-0.3, -0.25) is 0 Å². The second kappa shape index (κ2) is 4.17. The molecule has 0 aliphatic rings. The molecule has 96 valence electrons. The van der Waals surface area contributed by atoms with Gasteiger partial charge < -0.3 is 10.3 Å². The fraction of sp³-hybridized carbons (Fsp3) is 0.0833. The van der Waals surface area contributed by atoms with E-state index in [4.69, 9.17) is 17.3 Å². The van der Waals surface area contributed by atoms with Gasteiger partial charge in [0.1, 0.15) is 17.2 Å². The molecule has 3 aromatic rings. The molecule has 0 aliphatic carbocycles. The SMILES string of the molecule is Cn1c(-c2ccc(F)cc2)nc2c(Cl)nc(N)nc21. The number of rotatable bonds is 1. The summed E-state index contributed by atoms with van der Waals surface area (Å²) in [5.74, 6) is 0.410. The van der Waals surface area contributed by atoms with E-state index in [9.17, 15) is 4.39 Å². The number of hydrogen-bond donors (Lipinski definition) is 1. The van der Waals surface area contributed by atoms with E-state index in [0.717, 1.165) is 5.56 Å². The smallest absolute Gasteiger partial charge is 0.223 e. The molecule has 19 heavy (non-hydrogen) atoms. The van der Waals surface area contributed by atoms with Crippen molar-refractivity contribution < 1.29 is 4.39 Å². The number of nitrogen functional groups attached to an aromatic ring is 1. The van der Waals surface area contributed by atoms with Crippen molar-refractivity contribution in [2.45, 2.75) is 0 Å². The zero-order valence-corrected chi connectivity index (χ0v) is 10.7. The molecule has 0 unspecified atom stereocenters. The summed E-state index contributed by atoms with van der Waals surface area (Å²) in [5, 5.41) is 0.200. The zero-order valence-electron chi connectivity index (χ0n) is 9.93. The average Bonchev–Trinajstić information content (AvgIpc) is 2.69. The van der Waals surface area contributed by atoms with Crippen LogP contribution < -0.4 is 5.73 Å². The van der Waals surface area contributed by atoms with Crippen LogP contribution in [0.2, 0.25) is 5.15 Å². The molecule has 7 heteroatoms. The molecule has 0 bridgehead atoms. The molecular formula is C12H9ClFN5. The Labute approximate surface area is 112 Å². The highest BCUT2D eigenvalue weighted by atomic mass is 35.5. The Hall–Kier alpha value is -2.21. The minimum Gasteiger partial charge on any atom is -0.368 e. The summed E-state index contributed by atoms with van der Waals surface area (Å²) in [5.41, 5.74) is 7.33. The zero-order chi connectivity index (χ0) is 13.6. The lowest BCUT2D eigenvalue weighted by molar-refractivity contribution is 0.628. The van der Waals surface area contributed by atoms with Gasteiger partial charge in [-0.05, 0) is 24.3 Å². The van der Waals surface area contributed by atoms with Gasteiger partial charge in [-0.25, -0.2) is 9.37 Å². The van der Waals surface area contributed by atoms with Gasteiger partial charge >= 0.3 is 0 Å². The number of fused-ring (bicyclic) bond motifs is 1. The highest BCUT2D eigenvalue weighted by molar-refractivity contribution is 6.33. The van der Waals surface area contributed by atoms with E-state index < -0.39 is 0 Å². The minimum atomic E-state index is -0.301. The molecule has 2 heterocycles. The van der Waals surface area contributed by atoms with Gasteiger partial charge in [0.2, 0.25) is 5.95 Å². The molecule has 2 aromatic heterocycles. The van der Waals surface area contributed by atoms with Crippen molar-refractivity contribution in [3.63, 3.8) is 0 Å². The molecule has 2 N–H and O–H groups in total. The lowest BCUT2D eigenvalue weighted by Gasteiger charge is -2.01. The minimum absolute atomic E-state index is 0.0890. The summed E-state index contributed by atoms with van der Waals surface area (Å²) in [6, 6.07) is 6.02. The van der Waals surface area contributed by atoms with Crippen LogP contribution in [-0.2, 0) is 7.05 Å². The number of aromatic nitrogens is 4. The third kappa shape index (κ3) is 1.90. The Morgan fingerprint density at radius 2 is 1.84 bits per heavy atom. The number of nitrogens with zero attached hydrogens (tertiary/aromatic N) is 4. The normalized spacial score (nSPS) is 11.1. The number of hydrogen-bond acceptors (Lipinski definition) is 4. The van der Waals surface area contributed by atoms with Gasteiger partial charge in [0, 0.05) is 12.6 Å². The average molecular weight is 278 g/mol. The van der Waals surface area contributed by atoms with Gasteiger partial charge in [0.25, 0.3) is 0 Å². The van der Waals surface area contributed by atoms with E-state index >= 15 is 0 Å². The fourth-order valence-corrected chi connectivity index (χ4v) is 2.11. The van der Waals surface area contributed by atoms with E-state index in [2.05, 4.69) is 15.0 Å². The predicted molar refractivity (Wildman–Crippen MR) is 71.1 cm³/mol. The Morgan fingerprint density at radius 3 is 2.53 bits per heavy atom. The number of benzene rings is 1. The highest BCUT2D eigenvalue weighted by Gasteiger charge is 2.15. The molecule has 0 fully saturated rings. The van der Waals surface area contributed by atoms with Gasteiger partial charge in [-0.15, -0.1) is 0 Å². The summed E-state index contributed by atoms with van der Waals surface area (Å²) in [6.45, 7) is 0. The molecule has 0 radical (unpaired) electrons. The van der Waals surface area contributed by atoms with E-state index in [1.165, 1.54) is 12.1 Å². The quantitative estimate of drug-likeness (QED) is 0.694. The summed E-state index contributed by atoms with van der Waals surface area (Å²) < 4.78 is 14.7. The van der Waals surface area contributed by atoms with E-state index in [1.807, 2.05) is 0 Å². The van der Waals surface area contributed by atoms with Crippen LogP contribution in [-0.4, -0.2) is 19.5 Å². The Kier molecular flexibility index (Phi) is 2.60. The van der Waals surface area contributed by atoms with E-state index in [1.54, 1.807) is 23.7 Å². The second-order valence-electron chi connectivity index (χ2n) is 4.05. The van der Waals surface area contributed by atoms with E-state index in [-0.39, 0.29) is 16.9 Å². The number of imidazole rings is 1. The Bertz CT molecular complexity index is 766. The molecule has 5 nitrogen and oxygen atoms in total. The summed E-state index contributed by atoms with van der Waals surface area (Å²) >= 11 is 5.99. The largest absolute Gasteiger partial charge is 0.368 e. The number of halogens is 2. The lowest BCUT2D eigenvalue weighted by Crippen LogP contribution is -1.98. The van der Waals surface area contributed by atoms with Crippen LogP contribution in [0.4, 0.5) is 10.3 Å². The van der Waals surface area contributed by atoms with Crippen LogP contribution in [0.1, 0.15) is 0 Å². The lowest BCUT2D eigenvalue weighted by atomic mass is 10.2. The molecule has 0 aliphatic heterocycles. The van der Waals surface area contributed by atoms with Crippen LogP contribution >= 0.6 is 11.6 Å². The van der Waals surface area contributed by atoms with Crippen molar-refractivity contribution in [2.75, 3.05) is 5.73 Å². The van der Waals surface area contributed by atoms with Crippen LogP contribution in [0.25, 0.3) is 22.6 Å². The van der Waals surface area contributed by atoms with Crippen molar-refractivity contribution in [3.8, 4) is 11.4 Å². The number of nitrogens with two attached hydrogens (primary N) is 1.